The number of methoxy groups -OCH3 is 1. The fourth-order valence-electron chi connectivity index (χ4n) is 7.07. The Labute approximate surface area is 241 Å². The highest BCUT2D eigenvalue weighted by atomic mass is 16.6. The molecule has 0 unspecified atom stereocenters. The summed E-state index contributed by atoms with van der Waals surface area (Å²) in [4.78, 5) is 57.0. The van der Waals surface area contributed by atoms with Crippen LogP contribution >= 0.6 is 0 Å². The zero-order valence-electron chi connectivity index (χ0n) is 22.5. The van der Waals surface area contributed by atoms with Crippen LogP contribution in [0.4, 0.5) is 11.4 Å². The van der Waals surface area contributed by atoms with E-state index in [-0.39, 0.29) is 22.8 Å². The van der Waals surface area contributed by atoms with Gasteiger partial charge < -0.3 is 9.64 Å². The number of Topliss-reactive ketones (excluding diaryl/α,β-unsaturated/α-hetero) is 3. The summed E-state index contributed by atoms with van der Waals surface area (Å²) in [5.74, 6) is -1.53. The predicted octanol–water partition coefficient (Wildman–Crippen LogP) is 5.92. The van der Waals surface area contributed by atoms with Crippen molar-refractivity contribution in [3.05, 3.63) is 141 Å². The molecule has 2 aliphatic heterocycles. The molecule has 1 fully saturated rings. The molecule has 4 aromatic carbocycles. The van der Waals surface area contributed by atoms with Crippen molar-refractivity contribution in [2.75, 3.05) is 12.0 Å². The monoisotopic (exact) mass is 556 g/mol. The van der Waals surface area contributed by atoms with Crippen LogP contribution in [0, 0.1) is 15.5 Å². The largest absolute Gasteiger partial charge is 0.497 e. The van der Waals surface area contributed by atoms with Gasteiger partial charge in [0.2, 0.25) is 0 Å². The highest BCUT2D eigenvalue weighted by Gasteiger charge is 2.71. The molecule has 42 heavy (non-hydrogen) atoms. The fourth-order valence-corrected chi connectivity index (χ4v) is 7.07. The van der Waals surface area contributed by atoms with E-state index in [0.29, 0.717) is 28.1 Å². The SMILES string of the molecule is COc1cccc([C@@H]2[C@@H](C(=O)c3cccc([N+](=O)[O-])c3)N3c4ccccc4C=C[C@@H]3C23C(=O)c2ccccc2C3=O)c1. The Morgan fingerprint density at radius 2 is 1.57 bits per heavy atom. The lowest BCUT2D eigenvalue weighted by Crippen LogP contribution is -2.48. The normalized spacial score (nSPS) is 21.2. The van der Waals surface area contributed by atoms with Gasteiger partial charge in [-0.15, -0.1) is 0 Å². The first-order valence-electron chi connectivity index (χ1n) is 13.5. The quantitative estimate of drug-likeness (QED) is 0.130. The van der Waals surface area contributed by atoms with Crippen molar-refractivity contribution in [2.24, 2.45) is 5.41 Å². The van der Waals surface area contributed by atoms with Crippen molar-refractivity contribution in [1.29, 1.82) is 0 Å². The molecule has 0 aromatic heterocycles. The van der Waals surface area contributed by atoms with E-state index in [0.717, 1.165) is 5.56 Å². The average Bonchev–Trinajstić information content (AvgIpc) is 3.47. The number of fused-ring (bicyclic) bond motifs is 5. The van der Waals surface area contributed by atoms with Gasteiger partial charge in [0.1, 0.15) is 17.2 Å². The lowest BCUT2D eigenvalue weighted by Gasteiger charge is -2.37. The molecule has 3 atom stereocenters. The van der Waals surface area contributed by atoms with Gasteiger partial charge in [0, 0.05) is 40.4 Å². The molecule has 0 radical (unpaired) electrons. The first kappa shape index (κ1) is 25.6. The lowest BCUT2D eigenvalue weighted by atomic mass is 9.64. The lowest BCUT2D eigenvalue weighted by molar-refractivity contribution is -0.384. The van der Waals surface area contributed by atoms with E-state index >= 15 is 0 Å². The van der Waals surface area contributed by atoms with Crippen LogP contribution in [0.1, 0.15) is 48.1 Å². The molecular formula is C34H24N2O6. The average molecular weight is 557 g/mol. The molecule has 0 saturated carbocycles. The van der Waals surface area contributed by atoms with E-state index in [1.165, 1.54) is 31.4 Å². The Bertz CT molecular complexity index is 1830. The molecule has 0 N–H and O–H groups in total. The minimum absolute atomic E-state index is 0.125. The second-order valence-corrected chi connectivity index (χ2v) is 10.7. The smallest absolute Gasteiger partial charge is 0.270 e. The fraction of sp³-hybridized carbons (Fsp3) is 0.147. The van der Waals surface area contributed by atoms with Crippen molar-refractivity contribution in [2.45, 2.75) is 18.0 Å². The van der Waals surface area contributed by atoms with Crippen LogP contribution < -0.4 is 9.64 Å². The van der Waals surface area contributed by atoms with E-state index in [1.807, 2.05) is 41.3 Å². The van der Waals surface area contributed by atoms with E-state index in [2.05, 4.69) is 0 Å². The molecule has 2 heterocycles. The van der Waals surface area contributed by atoms with Crippen LogP contribution in [0.25, 0.3) is 6.08 Å². The van der Waals surface area contributed by atoms with Crippen LogP contribution in [-0.2, 0) is 0 Å². The first-order valence-corrected chi connectivity index (χ1v) is 13.5. The minimum Gasteiger partial charge on any atom is -0.497 e. The molecule has 1 aliphatic carbocycles. The summed E-state index contributed by atoms with van der Waals surface area (Å²) in [5, 5.41) is 11.6. The molecule has 1 spiro atoms. The van der Waals surface area contributed by atoms with Gasteiger partial charge in [0.05, 0.1) is 18.1 Å². The van der Waals surface area contributed by atoms with Crippen molar-refractivity contribution in [1.82, 2.24) is 0 Å². The van der Waals surface area contributed by atoms with Crippen LogP contribution in [0.3, 0.4) is 0 Å². The van der Waals surface area contributed by atoms with E-state index in [9.17, 15) is 24.5 Å². The molecule has 3 aliphatic rings. The zero-order valence-corrected chi connectivity index (χ0v) is 22.5. The zero-order chi connectivity index (χ0) is 29.2. The molecule has 206 valence electrons. The van der Waals surface area contributed by atoms with E-state index in [4.69, 9.17) is 4.74 Å². The van der Waals surface area contributed by atoms with Crippen molar-refractivity contribution < 1.29 is 24.0 Å². The maximum absolute atomic E-state index is 14.7. The number of nitro benzene ring substituents is 1. The number of hydrogen-bond acceptors (Lipinski definition) is 7. The van der Waals surface area contributed by atoms with Gasteiger partial charge in [0.25, 0.3) is 5.69 Å². The number of ether oxygens (including phenoxy) is 1. The number of carbonyl (C=O) groups is 3. The summed E-state index contributed by atoms with van der Waals surface area (Å²) in [6, 6.07) is 25.2. The predicted molar refractivity (Wildman–Crippen MR) is 156 cm³/mol. The summed E-state index contributed by atoms with van der Waals surface area (Å²) in [6.45, 7) is 0. The number of para-hydroxylation sites is 1. The topological polar surface area (TPSA) is 107 Å². The summed E-state index contributed by atoms with van der Waals surface area (Å²) in [7, 11) is 1.53. The van der Waals surface area contributed by atoms with Crippen LogP contribution in [0.2, 0.25) is 0 Å². The van der Waals surface area contributed by atoms with Crippen LogP contribution in [0.5, 0.6) is 5.75 Å². The van der Waals surface area contributed by atoms with Crippen molar-refractivity contribution >= 4 is 34.8 Å². The number of carbonyl (C=O) groups excluding carboxylic acids is 3. The number of anilines is 1. The first-order chi connectivity index (χ1) is 20.4. The Morgan fingerprint density at radius 1 is 0.881 bits per heavy atom. The second kappa shape index (κ2) is 9.34. The van der Waals surface area contributed by atoms with Gasteiger partial charge in [0.15, 0.2) is 17.3 Å². The number of ketones is 3. The number of non-ortho nitro benzene ring substituents is 1. The maximum Gasteiger partial charge on any atom is 0.270 e. The molecule has 0 amide bonds. The molecule has 7 rings (SSSR count). The number of rotatable bonds is 5. The summed E-state index contributed by atoms with van der Waals surface area (Å²) >= 11 is 0. The highest BCUT2D eigenvalue weighted by molar-refractivity contribution is 6.32. The number of nitro groups is 1. The van der Waals surface area contributed by atoms with Gasteiger partial charge in [-0.05, 0) is 29.3 Å². The van der Waals surface area contributed by atoms with E-state index < -0.39 is 34.1 Å². The standard InChI is InChI=1S/C34H24N2O6/c1-42-24-12-7-9-21(19-24)29-30(31(37)22-10-6-11-23(18-22)36(40)41)35-27-15-5-2-8-20(27)16-17-28(35)34(29)32(38)25-13-3-4-14-26(25)33(34)39/h2-19,28-30H,1H3/t28-,29-,30+/m1/s1. The maximum atomic E-state index is 14.7. The van der Waals surface area contributed by atoms with E-state index in [1.54, 1.807) is 48.5 Å². The highest BCUT2D eigenvalue weighted by Crippen LogP contribution is 2.61. The van der Waals surface area contributed by atoms with Crippen LogP contribution in [0.15, 0.2) is 103 Å². The molecular weight excluding hydrogens is 532 g/mol. The Hall–Kier alpha value is -5.37. The summed E-state index contributed by atoms with van der Waals surface area (Å²) in [5.41, 5.74) is 1.02. The Balaban J connectivity index is 1.54. The van der Waals surface area contributed by atoms with Gasteiger partial charge in [-0.25, -0.2) is 0 Å². The Kier molecular flexibility index (Phi) is 5.69. The van der Waals surface area contributed by atoms with Gasteiger partial charge in [-0.1, -0.05) is 78.9 Å². The van der Waals surface area contributed by atoms with Crippen LogP contribution in [-0.4, -0.2) is 41.5 Å². The molecule has 1 saturated heterocycles. The number of nitrogens with zero attached hydrogens (tertiary/aromatic N) is 2. The summed E-state index contributed by atoms with van der Waals surface area (Å²) in [6.07, 6.45) is 3.74. The van der Waals surface area contributed by atoms with Gasteiger partial charge >= 0.3 is 0 Å². The summed E-state index contributed by atoms with van der Waals surface area (Å²) < 4.78 is 5.52. The van der Waals surface area contributed by atoms with Crippen molar-refractivity contribution in [3.63, 3.8) is 0 Å². The van der Waals surface area contributed by atoms with Gasteiger partial charge in [-0.3, -0.25) is 24.5 Å². The second-order valence-electron chi connectivity index (χ2n) is 10.7. The molecule has 4 aromatic rings. The molecule has 0 bridgehead atoms. The third kappa shape index (κ3) is 3.38. The number of benzene rings is 4. The molecule has 8 nitrogen and oxygen atoms in total. The Morgan fingerprint density at radius 3 is 2.29 bits per heavy atom. The third-order valence-corrected chi connectivity index (χ3v) is 8.78. The number of hydrogen-bond donors (Lipinski definition) is 0. The minimum atomic E-state index is -1.67. The van der Waals surface area contributed by atoms with Crippen molar-refractivity contribution in [3.8, 4) is 5.75 Å². The third-order valence-electron chi connectivity index (χ3n) is 8.78. The molecule has 8 heteroatoms. The van der Waals surface area contributed by atoms with Gasteiger partial charge in [-0.2, -0.15) is 0 Å².